The zero-order valence-corrected chi connectivity index (χ0v) is 10.0. The van der Waals surface area contributed by atoms with Crippen molar-refractivity contribution in [2.75, 3.05) is 26.2 Å². The van der Waals surface area contributed by atoms with Gasteiger partial charge >= 0.3 is 5.97 Å². The summed E-state index contributed by atoms with van der Waals surface area (Å²) in [6.45, 7) is 2.02. The molecule has 0 saturated carbocycles. The molecule has 3 atom stereocenters. The quantitative estimate of drug-likeness (QED) is 0.564. The highest BCUT2D eigenvalue weighted by Gasteiger charge is 2.39. The third-order valence-electron chi connectivity index (χ3n) is 3.29. The van der Waals surface area contributed by atoms with Gasteiger partial charge in [0.05, 0.1) is 25.2 Å². The van der Waals surface area contributed by atoms with Gasteiger partial charge in [0.2, 0.25) is 5.91 Å². The van der Waals surface area contributed by atoms with Gasteiger partial charge in [0.1, 0.15) is 6.04 Å². The van der Waals surface area contributed by atoms with Gasteiger partial charge in [-0.2, -0.15) is 0 Å². The molecule has 1 amide bonds. The Morgan fingerprint density at radius 3 is 2.83 bits per heavy atom. The minimum absolute atomic E-state index is 0.0932. The Kier molecular flexibility index (Phi) is 4.15. The zero-order chi connectivity index (χ0) is 13.1. The van der Waals surface area contributed by atoms with Crippen molar-refractivity contribution in [3.63, 3.8) is 0 Å². The Balaban J connectivity index is 1.92. The summed E-state index contributed by atoms with van der Waals surface area (Å²) < 4.78 is 5.41. The molecule has 1 unspecified atom stereocenters. The number of morpholine rings is 1. The first-order valence-corrected chi connectivity index (χ1v) is 6.10. The van der Waals surface area contributed by atoms with Crippen LogP contribution in [-0.4, -0.2) is 71.5 Å². The lowest BCUT2D eigenvalue weighted by molar-refractivity contribution is -0.149. The Hall–Kier alpha value is -1.18. The molecule has 2 saturated heterocycles. The van der Waals surface area contributed by atoms with Crippen LogP contribution in [0.2, 0.25) is 0 Å². The Morgan fingerprint density at radius 2 is 2.22 bits per heavy atom. The van der Waals surface area contributed by atoms with Gasteiger partial charge in [-0.05, 0) is 0 Å². The summed E-state index contributed by atoms with van der Waals surface area (Å²) in [6.07, 6.45) is -0.701. The molecule has 2 aliphatic rings. The number of carbonyl (C=O) groups excluding carboxylic acids is 1. The maximum atomic E-state index is 12.0. The van der Waals surface area contributed by atoms with Crippen LogP contribution in [0.3, 0.4) is 0 Å². The molecule has 102 valence electrons. The highest BCUT2D eigenvalue weighted by Crippen LogP contribution is 2.20. The van der Waals surface area contributed by atoms with E-state index in [1.807, 2.05) is 0 Å². The van der Waals surface area contributed by atoms with E-state index in [1.165, 1.54) is 4.90 Å². The summed E-state index contributed by atoms with van der Waals surface area (Å²) in [4.78, 5) is 24.3. The molecule has 3 N–H and O–H groups in total. The number of hydrogen-bond donors (Lipinski definition) is 3. The third kappa shape index (κ3) is 2.98. The van der Waals surface area contributed by atoms with Gasteiger partial charge in [-0.15, -0.1) is 0 Å². The summed E-state index contributed by atoms with van der Waals surface area (Å²) in [5.74, 6) is -1.34. The number of nitrogens with zero attached hydrogens (tertiary/aromatic N) is 1. The van der Waals surface area contributed by atoms with Crippen LogP contribution in [0, 0.1) is 0 Å². The van der Waals surface area contributed by atoms with Gasteiger partial charge < -0.3 is 25.2 Å². The Labute approximate surface area is 105 Å². The van der Waals surface area contributed by atoms with Crippen molar-refractivity contribution in [2.24, 2.45) is 0 Å². The number of amides is 1. The summed E-state index contributed by atoms with van der Waals surface area (Å²) in [5.41, 5.74) is 0. The van der Waals surface area contributed by atoms with Crippen molar-refractivity contribution >= 4 is 11.9 Å². The summed E-state index contributed by atoms with van der Waals surface area (Å²) >= 11 is 0. The SMILES string of the molecule is O=C(O)[C@@H]1C[C@H](O)CN1C(=O)CC1CNCCO1. The number of hydrogen-bond acceptors (Lipinski definition) is 5. The number of β-amino-alcohol motifs (C(OH)–C–C–N with tert-alkyl or cyclic N) is 1. The number of nitrogens with one attached hydrogen (secondary N) is 1. The number of aliphatic hydroxyl groups excluding tert-OH is 1. The van der Waals surface area contributed by atoms with Gasteiger partial charge in [0, 0.05) is 26.1 Å². The van der Waals surface area contributed by atoms with Crippen molar-refractivity contribution in [2.45, 2.75) is 31.1 Å². The van der Waals surface area contributed by atoms with Gasteiger partial charge in [-0.1, -0.05) is 0 Å². The molecule has 7 heteroatoms. The lowest BCUT2D eigenvalue weighted by Crippen LogP contribution is -2.45. The predicted octanol–water partition coefficient (Wildman–Crippen LogP) is -1.59. The summed E-state index contributed by atoms with van der Waals surface area (Å²) in [6, 6.07) is -0.913. The number of carboxylic acid groups (broad SMARTS) is 1. The standard InChI is InChI=1S/C11H18N2O5/c14-7-3-9(11(16)17)13(6-7)10(15)4-8-5-12-1-2-18-8/h7-9,12,14H,1-6H2,(H,16,17)/t7-,8?,9-/m0/s1. The fourth-order valence-electron chi connectivity index (χ4n) is 2.39. The van der Waals surface area contributed by atoms with E-state index < -0.39 is 18.1 Å². The van der Waals surface area contributed by atoms with Crippen LogP contribution in [0.5, 0.6) is 0 Å². The van der Waals surface area contributed by atoms with Crippen LogP contribution >= 0.6 is 0 Å². The fraction of sp³-hybridized carbons (Fsp3) is 0.818. The van der Waals surface area contributed by atoms with E-state index >= 15 is 0 Å². The number of ether oxygens (including phenoxy) is 1. The van der Waals surface area contributed by atoms with Crippen molar-refractivity contribution < 1.29 is 24.5 Å². The van der Waals surface area contributed by atoms with Crippen molar-refractivity contribution in [1.82, 2.24) is 10.2 Å². The maximum absolute atomic E-state index is 12.0. The molecule has 2 aliphatic heterocycles. The van der Waals surface area contributed by atoms with E-state index in [0.717, 1.165) is 6.54 Å². The average Bonchev–Trinajstić information content (AvgIpc) is 2.73. The van der Waals surface area contributed by atoms with E-state index in [0.29, 0.717) is 13.2 Å². The first kappa shape index (κ1) is 13.3. The lowest BCUT2D eigenvalue weighted by Gasteiger charge is -2.27. The van der Waals surface area contributed by atoms with Crippen molar-refractivity contribution in [3.05, 3.63) is 0 Å². The monoisotopic (exact) mass is 258 g/mol. The molecule has 0 aromatic carbocycles. The normalized spacial score (nSPS) is 32.5. The predicted molar refractivity (Wildman–Crippen MR) is 61.0 cm³/mol. The van der Waals surface area contributed by atoms with Gasteiger partial charge in [0.25, 0.3) is 0 Å². The first-order valence-electron chi connectivity index (χ1n) is 6.10. The number of carboxylic acids is 1. The number of aliphatic carboxylic acids is 1. The van der Waals surface area contributed by atoms with E-state index in [4.69, 9.17) is 9.84 Å². The highest BCUT2D eigenvalue weighted by molar-refractivity contribution is 5.84. The molecule has 0 bridgehead atoms. The first-order chi connectivity index (χ1) is 8.58. The maximum Gasteiger partial charge on any atom is 0.326 e. The molecule has 0 spiro atoms. The third-order valence-corrected chi connectivity index (χ3v) is 3.29. The molecule has 0 radical (unpaired) electrons. The molecule has 2 heterocycles. The fourth-order valence-corrected chi connectivity index (χ4v) is 2.39. The second-order valence-corrected chi connectivity index (χ2v) is 4.69. The van der Waals surface area contributed by atoms with Crippen molar-refractivity contribution in [3.8, 4) is 0 Å². The Bertz CT molecular complexity index is 329. The number of likely N-dealkylation sites (tertiary alicyclic amines) is 1. The average molecular weight is 258 g/mol. The van der Waals surface area contributed by atoms with Gasteiger partial charge in [-0.25, -0.2) is 4.79 Å². The van der Waals surface area contributed by atoms with Crippen LogP contribution in [0.25, 0.3) is 0 Å². The van der Waals surface area contributed by atoms with E-state index in [1.54, 1.807) is 0 Å². The molecular weight excluding hydrogens is 240 g/mol. The smallest absolute Gasteiger partial charge is 0.326 e. The molecule has 2 rings (SSSR count). The van der Waals surface area contributed by atoms with Crippen LogP contribution < -0.4 is 5.32 Å². The van der Waals surface area contributed by atoms with Crippen LogP contribution in [0.15, 0.2) is 0 Å². The molecule has 18 heavy (non-hydrogen) atoms. The van der Waals surface area contributed by atoms with Crippen LogP contribution in [-0.2, 0) is 14.3 Å². The van der Waals surface area contributed by atoms with Crippen molar-refractivity contribution in [1.29, 1.82) is 0 Å². The second kappa shape index (κ2) is 5.64. The van der Waals surface area contributed by atoms with E-state index in [9.17, 15) is 14.7 Å². The molecule has 0 aromatic rings. The molecular formula is C11H18N2O5. The molecule has 7 nitrogen and oxygen atoms in total. The number of rotatable bonds is 3. The number of aliphatic hydroxyl groups is 1. The van der Waals surface area contributed by atoms with E-state index in [-0.39, 0.29) is 31.4 Å². The van der Waals surface area contributed by atoms with E-state index in [2.05, 4.69) is 5.32 Å². The van der Waals surface area contributed by atoms with Gasteiger partial charge in [0.15, 0.2) is 0 Å². The minimum Gasteiger partial charge on any atom is -0.480 e. The second-order valence-electron chi connectivity index (χ2n) is 4.69. The number of carbonyl (C=O) groups is 2. The molecule has 2 fully saturated rings. The highest BCUT2D eigenvalue weighted by atomic mass is 16.5. The largest absolute Gasteiger partial charge is 0.480 e. The topological polar surface area (TPSA) is 99.1 Å². The molecule has 0 aromatic heterocycles. The summed E-state index contributed by atoms with van der Waals surface area (Å²) in [7, 11) is 0. The van der Waals surface area contributed by atoms with Gasteiger partial charge in [-0.3, -0.25) is 4.79 Å². The minimum atomic E-state index is -1.07. The summed E-state index contributed by atoms with van der Waals surface area (Å²) in [5, 5.41) is 21.6. The van der Waals surface area contributed by atoms with Crippen LogP contribution in [0.1, 0.15) is 12.8 Å². The molecule has 0 aliphatic carbocycles. The lowest BCUT2D eigenvalue weighted by atomic mass is 10.1. The Morgan fingerprint density at radius 1 is 1.44 bits per heavy atom. The van der Waals surface area contributed by atoms with Crippen LogP contribution in [0.4, 0.5) is 0 Å². The zero-order valence-electron chi connectivity index (χ0n) is 10.0.